The van der Waals surface area contributed by atoms with Gasteiger partial charge in [-0.3, -0.25) is 4.57 Å². The van der Waals surface area contributed by atoms with Crippen LogP contribution in [-0.4, -0.2) is 25.5 Å². The first-order valence-corrected chi connectivity index (χ1v) is 16.0. The lowest BCUT2D eigenvalue weighted by Crippen LogP contribution is -2.04. The quantitative estimate of drug-likeness (QED) is 0.159. The lowest BCUT2D eigenvalue weighted by Gasteiger charge is -2.13. The van der Waals surface area contributed by atoms with Crippen molar-refractivity contribution in [2.75, 3.05) is 0 Å². The third kappa shape index (κ3) is 3.82. The van der Waals surface area contributed by atoms with Gasteiger partial charge in [0, 0.05) is 38.2 Å². The Kier molecular flexibility index (Phi) is 5.66. The van der Waals surface area contributed by atoms with E-state index in [9.17, 15) is 5.21 Å². The number of hydrogen-bond donors (Lipinski definition) is 1. The summed E-state index contributed by atoms with van der Waals surface area (Å²) in [5, 5.41) is 19.5. The van der Waals surface area contributed by atoms with Gasteiger partial charge >= 0.3 is 0 Å². The highest BCUT2D eigenvalue weighted by atomic mass is 16.4. The summed E-state index contributed by atoms with van der Waals surface area (Å²) in [4.78, 5) is 10.6. The highest BCUT2D eigenvalue weighted by molar-refractivity contribution is 6.28. The zero-order valence-electron chi connectivity index (χ0n) is 25.7. The van der Waals surface area contributed by atoms with Crippen molar-refractivity contribution in [1.82, 2.24) is 14.5 Å². The van der Waals surface area contributed by atoms with Gasteiger partial charge in [0.05, 0.1) is 22.2 Å². The molecule has 0 radical (unpaired) electrons. The van der Waals surface area contributed by atoms with Crippen LogP contribution in [0.5, 0.6) is 0 Å². The molecule has 48 heavy (non-hydrogen) atoms. The van der Waals surface area contributed by atoms with Crippen LogP contribution < -0.4 is 0 Å². The fraction of sp³-hybridized carbons (Fsp3) is 0. The average molecular weight is 615 g/mol. The number of fused-ring (bicyclic) bond motifs is 9. The van der Waals surface area contributed by atoms with Crippen molar-refractivity contribution in [2.24, 2.45) is 5.16 Å². The van der Waals surface area contributed by atoms with Crippen LogP contribution in [0.25, 0.3) is 82.9 Å². The summed E-state index contributed by atoms with van der Waals surface area (Å²) >= 11 is 0. The summed E-state index contributed by atoms with van der Waals surface area (Å²) in [7, 11) is 0. The van der Waals surface area contributed by atoms with Gasteiger partial charge in [-0.25, -0.2) is 9.97 Å². The normalized spacial score (nSPS) is 13.1. The van der Waals surface area contributed by atoms with Crippen molar-refractivity contribution in [1.29, 1.82) is 0 Å². The second-order valence-corrected chi connectivity index (χ2v) is 12.3. The molecule has 2 heterocycles. The molecule has 0 aliphatic heterocycles. The van der Waals surface area contributed by atoms with Crippen LogP contribution in [-0.2, 0) is 0 Å². The van der Waals surface area contributed by atoms with E-state index in [2.05, 4.69) is 125 Å². The number of nitrogens with zero attached hydrogens (tertiary/aromatic N) is 4. The fourth-order valence-electron chi connectivity index (χ4n) is 7.46. The van der Waals surface area contributed by atoms with Gasteiger partial charge in [0.2, 0.25) is 5.95 Å². The van der Waals surface area contributed by atoms with Crippen molar-refractivity contribution < 1.29 is 5.21 Å². The van der Waals surface area contributed by atoms with Crippen LogP contribution in [0.4, 0.5) is 0 Å². The van der Waals surface area contributed by atoms with Crippen molar-refractivity contribution in [2.45, 2.75) is 0 Å². The largest absolute Gasteiger partial charge is 0.410 e. The van der Waals surface area contributed by atoms with E-state index in [-0.39, 0.29) is 0 Å². The van der Waals surface area contributed by atoms with Gasteiger partial charge in [-0.15, -0.1) is 0 Å². The minimum atomic E-state index is 0.572. The predicted octanol–water partition coefficient (Wildman–Crippen LogP) is 10.4. The lowest BCUT2D eigenvalue weighted by molar-refractivity contribution is 0.320. The second kappa shape index (κ2) is 10.2. The molecule has 9 aromatic rings. The summed E-state index contributed by atoms with van der Waals surface area (Å²) in [5.74, 6) is 0.588. The van der Waals surface area contributed by atoms with Crippen LogP contribution >= 0.6 is 0 Å². The van der Waals surface area contributed by atoms with Crippen LogP contribution in [0.1, 0.15) is 11.1 Å². The molecule has 1 N–H and O–H groups in total. The van der Waals surface area contributed by atoms with Gasteiger partial charge in [-0.1, -0.05) is 139 Å². The molecular weight excluding hydrogens is 589 g/mol. The number of aromatic nitrogens is 3. The molecule has 2 aromatic heterocycles. The molecule has 0 saturated heterocycles. The minimum absolute atomic E-state index is 0.572. The Labute approximate surface area is 275 Å². The van der Waals surface area contributed by atoms with Crippen LogP contribution in [0, 0.1) is 0 Å². The highest BCUT2D eigenvalue weighted by Gasteiger charge is 2.28. The van der Waals surface area contributed by atoms with Crippen molar-refractivity contribution >= 4 is 49.2 Å². The first-order chi connectivity index (χ1) is 23.8. The molecule has 5 heteroatoms. The van der Waals surface area contributed by atoms with E-state index in [0.29, 0.717) is 11.7 Å². The molecule has 10 rings (SSSR count). The number of oxime groups is 1. The average Bonchev–Trinajstić information content (AvgIpc) is 3.65. The summed E-state index contributed by atoms with van der Waals surface area (Å²) in [6.07, 6.45) is 0. The van der Waals surface area contributed by atoms with Gasteiger partial charge in [0.1, 0.15) is 5.71 Å². The van der Waals surface area contributed by atoms with Gasteiger partial charge in [0.15, 0.2) is 0 Å². The minimum Gasteiger partial charge on any atom is -0.410 e. The first-order valence-electron chi connectivity index (χ1n) is 16.0. The summed E-state index contributed by atoms with van der Waals surface area (Å²) in [5.41, 5.74) is 11.6. The van der Waals surface area contributed by atoms with Gasteiger partial charge in [-0.05, 0) is 45.8 Å². The van der Waals surface area contributed by atoms with Crippen LogP contribution in [0.2, 0.25) is 0 Å². The Bertz CT molecular complexity index is 2780. The van der Waals surface area contributed by atoms with Crippen LogP contribution in [0.3, 0.4) is 0 Å². The Morgan fingerprint density at radius 3 is 2.00 bits per heavy atom. The number of hydrogen-bond acceptors (Lipinski definition) is 4. The SMILES string of the molecule is O/N=C1/c2ccccc2-c2cc3c4ccc5ccccc5c4n(-c4nc(-c5ccc(-c6ccccc6)cc5)c5ccccc5n4)c3cc21. The van der Waals surface area contributed by atoms with Gasteiger partial charge in [-0.2, -0.15) is 0 Å². The smallest absolute Gasteiger partial charge is 0.235 e. The van der Waals surface area contributed by atoms with Crippen LogP contribution in [0.15, 0.2) is 157 Å². The Morgan fingerprint density at radius 1 is 0.479 bits per heavy atom. The van der Waals surface area contributed by atoms with E-state index < -0.39 is 0 Å². The standard InChI is InChI=1S/C43H26N4O/c48-46-41-32-15-7-6-14-31(32)35-24-36-33-23-22-28-12-4-5-13-30(28)42(33)47(39(36)25-37(35)41)43-44-38-17-9-8-16-34(38)40(45-43)29-20-18-27(19-21-29)26-10-2-1-3-11-26/h1-25,48H/b46-41-. The molecule has 5 nitrogen and oxygen atoms in total. The zero-order chi connectivity index (χ0) is 31.8. The number of para-hydroxylation sites is 1. The third-order valence-corrected chi connectivity index (χ3v) is 9.68. The van der Waals surface area contributed by atoms with Crippen molar-refractivity contribution in [3.05, 3.63) is 163 Å². The van der Waals surface area contributed by atoms with E-state index in [1.54, 1.807) is 0 Å². The summed E-state index contributed by atoms with van der Waals surface area (Å²) in [6, 6.07) is 52.6. The molecule has 0 spiro atoms. The molecular formula is C43H26N4O. The maximum absolute atomic E-state index is 10.2. The highest BCUT2D eigenvalue weighted by Crippen LogP contribution is 2.44. The number of benzene rings is 7. The van der Waals surface area contributed by atoms with Crippen molar-refractivity contribution in [3.8, 4) is 39.5 Å². The monoisotopic (exact) mass is 614 g/mol. The molecule has 0 fully saturated rings. The Balaban J connectivity index is 1.29. The lowest BCUT2D eigenvalue weighted by atomic mass is 10.0. The number of rotatable bonds is 3. The molecule has 1 aliphatic carbocycles. The molecule has 0 amide bonds. The molecule has 1 aliphatic rings. The summed E-state index contributed by atoms with van der Waals surface area (Å²) in [6.45, 7) is 0. The zero-order valence-corrected chi connectivity index (χ0v) is 25.7. The maximum atomic E-state index is 10.2. The van der Waals surface area contributed by atoms with Gasteiger partial charge in [0.25, 0.3) is 0 Å². The topological polar surface area (TPSA) is 63.3 Å². The van der Waals surface area contributed by atoms with E-state index in [4.69, 9.17) is 9.97 Å². The van der Waals surface area contributed by atoms with E-state index in [0.717, 1.165) is 82.6 Å². The van der Waals surface area contributed by atoms with Crippen molar-refractivity contribution in [3.63, 3.8) is 0 Å². The molecule has 224 valence electrons. The Hall–Kier alpha value is -6.59. The molecule has 0 atom stereocenters. The molecule has 0 saturated carbocycles. The van der Waals surface area contributed by atoms with Gasteiger partial charge < -0.3 is 5.21 Å². The summed E-state index contributed by atoms with van der Waals surface area (Å²) < 4.78 is 2.19. The second-order valence-electron chi connectivity index (χ2n) is 12.3. The third-order valence-electron chi connectivity index (χ3n) is 9.68. The molecule has 0 bridgehead atoms. The molecule has 7 aromatic carbocycles. The first kappa shape index (κ1) is 26.6. The fourth-order valence-corrected chi connectivity index (χ4v) is 7.46. The predicted molar refractivity (Wildman–Crippen MR) is 195 cm³/mol. The van der Waals surface area contributed by atoms with E-state index in [1.165, 1.54) is 5.56 Å². The maximum Gasteiger partial charge on any atom is 0.235 e. The van der Waals surface area contributed by atoms with E-state index >= 15 is 0 Å². The molecule has 0 unspecified atom stereocenters. The Morgan fingerprint density at radius 2 is 1.17 bits per heavy atom. The van der Waals surface area contributed by atoms with E-state index in [1.807, 2.05) is 36.4 Å².